The SMILES string of the molecule is COc1cc(C)c(C)cc1CC(N)CNC(=O)OC(C)(C)C. The molecule has 3 N–H and O–H groups in total. The number of alkyl carbamates (subject to hydrolysis) is 1. The molecule has 0 fully saturated rings. The highest BCUT2D eigenvalue weighted by molar-refractivity contribution is 5.67. The molecule has 1 aromatic rings. The fraction of sp³-hybridized carbons (Fsp3) is 0.588. The molecule has 0 heterocycles. The minimum Gasteiger partial charge on any atom is -0.496 e. The highest BCUT2D eigenvalue weighted by atomic mass is 16.6. The van der Waals surface area contributed by atoms with Crippen LogP contribution in [0.2, 0.25) is 0 Å². The summed E-state index contributed by atoms with van der Waals surface area (Å²) >= 11 is 0. The van der Waals surface area contributed by atoms with Crippen molar-refractivity contribution >= 4 is 6.09 Å². The summed E-state index contributed by atoms with van der Waals surface area (Å²) < 4.78 is 10.6. The third-order valence-electron chi connectivity index (χ3n) is 3.29. The van der Waals surface area contributed by atoms with Gasteiger partial charge in [-0.1, -0.05) is 6.07 Å². The van der Waals surface area contributed by atoms with Crippen molar-refractivity contribution in [2.75, 3.05) is 13.7 Å². The van der Waals surface area contributed by atoms with Crippen LogP contribution in [-0.4, -0.2) is 31.4 Å². The number of hydrogen-bond donors (Lipinski definition) is 2. The molecule has 0 bridgehead atoms. The topological polar surface area (TPSA) is 73.6 Å². The Labute approximate surface area is 133 Å². The first-order valence-electron chi connectivity index (χ1n) is 7.49. The van der Waals surface area contributed by atoms with Crippen molar-refractivity contribution in [2.24, 2.45) is 5.73 Å². The van der Waals surface area contributed by atoms with E-state index < -0.39 is 11.7 Å². The first kappa shape index (κ1) is 18.3. The summed E-state index contributed by atoms with van der Waals surface area (Å²) in [5.41, 5.74) is 9.02. The monoisotopic (exact) mass is 308 g/mol. The predicted octanol–water partition coefficient (Wildman–Crippen LogP) is 2.71. The molecule has 0 aliphatic carbocycles. The van der Waals surface area contributed by atoms with Gasteiger partial charge in [0.2, 0.25) is 0 Å². The van der Waals surface area contributed by atoms with Crippen LogP contribution in [0.15, 0.2) is 12.1 Å². The number of rotatable bonds is 5. The van der Waals surface area contributed by atoms with E-state index in [0.29, 0.717) is 13.0 Å². The van der Waals surface area contributed by atoms with Crippen molar-refractivity contribution in [3.05, 3.63) is 28.8 Å². The molecule has 1 aromatic carbocycles. The fourth-order valence-corrected chi connectivity index (χ4v) is 2.08. The van der Waals surface area contributed by atoms with Gasteiger partial charge in [0.05, 0.1) is 7.11 Å². The largest absolute Gasteiger partial charge is 0.496 e. The van der Waals surface area contributed by atoms with E-state index in [1.165, 1.54) is 11.1 Å². The summed E-state index contributed by atoms with van der Waals surface area (Å²) in [5.74, 6) is 0.829. The number of aryl methyl sites for hydroxylation is 2. The lowest BCUT2D eigenvalue weighted by molar-refractivity contribution is 0.0524. The maximum absolute atomic E-state index is 11.6. The maximum Gasteiger partial charge on any atom is 0.407 e. The van der Waals surface area contributed by atoms with Crippen molar-refractivity contribution in [3.63, 3.8) is 0 Å². The van der Waals surface area contributed by atoms with E-state index in [1.807, 2.05) is 33.8 Å². The van der Waals surface area contributed by atoms with Gasteiger partial charge >= 0.3 is 6.09 Å². The second kappa shape index (κ2) is 7.49. The summed E-state index contributed by atoms with van der Waals surface area (Å²) in [5, 5.41) is 2.70. The molecule has 1 amide bonds. The molecule has 0 aliphatic heterocycles. The zero-order chi connectivity index (χ0) is 16.9. The number of carbonyl (C=O) groups excluding carboxylic acids is 1. The molecule has 0 saturated carbocycles. The average molecular weight is 308 g/mol. The van der Waals surface area contributed by atoms with Crippen LogP contribution in [0.1, 0.15) is 37.5 Å². The van der Waals surface area contributed by atoms with Gasteiger partial charge in [-0.05, 0) is 63.8 Å². The quantitative estimate of drug-likeness (QED) is 0.877. The Balaban J connectivity index is 2.60. The highest BCUT2D eigenvalue weighted by Crippen LogP contribution is 2.24. The average Bonchev–Trinajstić information content (AvgIpc) is 2.38. The number of methoxy groups -OCH3 is 1. The molecule has 0 spiro atoms. The molecule has 1 rings (SSSR count). The lowest BCUT2D eigenvalue weighted by Gasteiger charge is -2.21. The van der Waals surface area contributed by atoms with Crippen molar-refractivity contribution in [1.29, 1.82) is 0 Å². The molecular weight excluding hydrogens is 280 g/mol. The van der Waals surface area contributed by atoms with Gasteiger partial charge in [0.25, 0.3) is 0 Å². The molecule has 0 radical (unpaired) electrons. The maximum atomic E-state index is 11.6. The summed E-state index contributed by atoms with van der Waals surface area (Å²) in [4.78, 5) is 11.6. The van der Waals surface area contributed by atoms with E-state index in [2.05, 4.69) is 18.3 Å². The smallest absolute Gasteiger partial charge is 0.407 e. The summed E-state index contributed by atoms with van der Waals surface area (Å²) in [6, 6.07) is 3.89. The third kappa shape index (κ3) is 5.93. The van der Waals surface area contributed by atoms with Crippen molar-refractivity contribution in [1.82, 2.24) is 5.32 Å². The van der Waals surface area contributed by atoms with E-state index in [1.54, 1.807) is 7.11 Å². The summed E-state index contributed by atoms with van der Waals surface area (Å²) in [6.07, 6.45) is 0.176. The molecule has 0 saturated heterocycles. The molecule has 5 heteroatoms. The number of nitrogens with two attached hydrogens (primary N) is 1. The highest BCUT2D eigenvalue weighted by Gasteiger charge is 2.17. The van der Waals surface area contributed by atoms with Crippen LogP contribution in [0.25, 0.3) is 0 Å². The van der Waals surface area contributed by atoms with Crippen LogP contribution >= 0.6 is 0 Å². The first-order chi connectivity index (χ1) is 10.1. The number of carbonyl (C=O) groups is 1. The van der Waals surface area contributed by atoms with Crippen LogP contribution in [-0.2, 0) is 11.2 Å². The van der Waals surface area contributed by atoms with Crippen molar-refractivity contribution < 1.29 is 14.3 Å². The Morgan fingerprint density at radius 1 is 1.27 bits per heavy atom. The van der Waals surface area contributed by atoms with Gasteiger partial charge in [-0.2, -0.15) is 0 Å². The predicted molar refractivity (Wildman–Crippen MR) is 88.4 cm³/mol. The van der Waals surface area contributed by atoms with E-state index in [-0.39, 0.29) is 6.04 Å². The minimum absolute atomic E-state index is 0.205. The summed E-state index contributed by atoms with van der Waals surface area (Å²) in [6.45, 7) is 9.94. The van der Waals surface area contributed by atoms with Gasteiger partial charge in [0.15, 0.2) is 0 Å². The normalized spacial score (nSPS) is 12.7. The lowest BCUT2D eigenvalue weighted by atomic mass is 10.00. The molecule has 22 heavy (non-hydrogen) atoms. The van der Waals surface area contributed by atoms with E-state index in [0.717, 1.165) is 11.3 Å². The van der Waals surface area contributed by atoms with Crippen LogP contribution in [0.4, 0.5) is 4.79 Å². The Morgan fingerprint density at radius 2 is 1.86 bits per heavy atom. The minimum atomic E-state index is -0.508. The van der Waals surface area contributed by atoms with E-state index in [9.17, 15) is 4.79 Å². The van der Waals surface area contributed by atoms with Gasteiger partial charge in [0.1, 0.15) is 11.4 Å². The standard InChI is InChI=1S/C17H28N2O3/c1-11-7-13(15(21-6)8-12(11)2)9-14(18)10-19-16(20)22-17(3,4)5/h7-8,14H,9-10,18H2,1-6H3,(H,19,20). The summed E-state index contributed by atoms with van der Waals surface area (Å²) in [7, 11) is 1.65. The van der Waals surface area contributed by atoms with Gasteiger partial charge in [-0.3, -0.25) is 0 Å². The molecular formula is C17H28N2O3. The Morgan fingerprint density at radius 3 is 2.41 bits per heavy atom. The van der Waals surface area contributed by atoms with Gasteiger partial charge in [-0.25, -0.2) is 4.79 Å². The van der Waals surface area contributed by atoms with Gasteiger partial charge in [-0.15, -0.1) is 0 Å². The number of ether oxygens (including phenoxy) is 2. The van der Waals surface area contributed by atoms with Crippen LogP contribution in [0, 0.1) is 13.8 Å². The van der Waals surface area contributed by atoms with Crippen LogP contribution < -0.4 is 15.8 Å². The van der Waals surface area contributed by atoms with E-state index in [4.69, 9.17) is 15.2 Å². The second-order valence-electron chi connectivity index (χ2n) is 6.60. The molecule has 124 valence electrons. The first-order valence-corrected chi connectivity index (χ1v) is 7.49. The van der Waals surface area contributed by atoms with E-state index >= 15 is 0 Å². The molecule has 1 unspecified atom stereocenters. The number of hydrogen-bond acceptors (Lipinski definition) is 4. The van der Waals surface area contributed by atoms with Crippen molar-refractivity contribution in [2.45, 2.75) is 52.7 Å². The zero-order valence-electron chi connectivity index (χ0n) is 14.4. The van der Waals surface area contributed by atoms with Gasteiger partial charge < -0.3 is 20.5 Å². The molecule has 0 aliphatic rings. The number of amides is 1. The fourth-order valence-electron chi connectivity index (χ4n) is 2.08. The zero-order valence-corrected chi connectivity index (χ0v) is 14.4. The molecule has 1 atom stereocenters. The number of nitrogens with one attached hydrogen (secondary N) is 1. The second-order valence-corrected chi connectivity index (χ2v) is 6.60. The van der Waals surface area contributed by atoms with Crippen LogP contribution in [0.5, 0.6) is 5.75 Å². The Bertz CT molecular complexity index is 521. The van der Waals surface area contributed by atoms with Crippen molar-refractivity contribution in [3.8, 4) is 5.75 Å². The van der Waals surface area contributed by atoms with Crippen LogP contribution in [0.3, 0.4) is 0 Å². The number of benzene rings is 1. The molecule has 5 nitrogen and oxygen atoms in total. The Kier molecular flexibility index (Phi) is 6.23. The Hall–Kier alpha value is -1.75. The third-order valence-corrected chi connectivity index (χ3v) is 3.29. The van der Waals surface area contributed by atoms with Gasteiger partial charge in [0, 0.05) is 12.6 Å². The molecule has 0 aromatic heterocycles. The lowest BCUT2D eigenvalue weighted by Crippen LogP contribution is -2.41.